The minimum absolute atomic E-state index is 0.328. The summed E-state index contributed by atoms with van der Waals surface area (Å²) in [6, 6.07) is 21.4. The van der Waals surface area contributed by atoms with Gasteiger partial charge in [0.2, 0.25) is 0 Å². The second-order valence-electron chi connectivity index (χ2n) is 6.13. The molecule has 2 aromatic carbocycles. The van der Waals surface area contributed by atoms with Gasteiger partial charge in [0, 0.05) is 3.92 Å². The summed E-state index contributed by atoms with van der Waals surface area (Å²) in [6.45, 7) is 4.21. The Kier molecular flexibility index (Phi) is 5.72. The first-order valence-corrected chi connectivity index (χ1v) is 11.6. The van der Waals surface area contributed by atoms with E-state index >= 15 is 0 Å². The highest BCUT2D eigenvalue weighted by Gasteiger charge is 2.40. The molecule has 0 spiro atoms. The Morgan fingerprint density at radius 2 is 1.43 bits per heavy atom. The summed E-state index contributed by atoms with van der Waals surface area (Å²) < 4.78 is 7.52. The monoisotopic (exact) mass is 434 g/mol. The fraction of sp³-hybridized carbons (Fsp3) is 0.300. The van der Waals surface area contributed by atoms with Gasteiger partial charge in [-0.2, -0.15) is 0 Å². The summed E-state index contributed by atoms with van der Waals surface area (Å²) in [4.78, 5) is 0. The maximum absolute atomic E-state index is 6.93. The van der Waals surface area contributed by atoms with Crippen LogP contribution in [0.15, 0.2) is 72.9 Å². The topological polar surface area (TPSA) is 9.23 Å². The van der Waals surface area contributed by atoms with E-state index in [1.165, 1.54) is 29.6 Å². The van der Waals surface area contributed by atoms with Crippen molar-refractivity contribution in [3.8, 4) is 0 Å². The van der Waals surface area contributed by atoms with E-state index in [4.69, 9.17) is 4.43 Å². The van der Waals surface area contributed by atoms with E-state index in [2.05, 4.69) is 95.5 Å². The van der Waals surface area contributed by atoms with Gasteiger partial charge in [0.1, 0.15) is 0 Å². The lowest BCUT2D eigenvalue weighted by atomic mass is 9.98. The average Bonchev–Trinajstić information content (AvgIpc) is 2.63. The third-order valence-electron chi connectivity index (χ3n) is 4.65. The van der Waals surface area contributed by atoms with Gasteiger partial charge >= 0.3 is 0 Å². The Hall–Kier alpha value is -0.913. The lowest BCUT2D eigenvalue weighted by Crippen LogP contribution is -2.62. The molecule has 0 aromatic heterocycles. The molecule has 1 nitrogen and oxygen atoms in total. The summed E-state index contributed by atoms with van der Waals surface area (Å²) >= 11 is 2.58. The number of rotatable bonds is 5. The Morgan fingerprint density at radius 3 is 1.91 bits per heavy atom. The van der Waals surface area contributed by atoms with E-state index < -0.39 is 8.32 Å². The SMILES string of the molecule is C=C[Si](O[C@@H]1CCCC[C@H]1I)(c1ccccc1)c1ccccc1. The van der Waals surface area contributed by atoms with Crippen LogP contribution in [0.2, 0.25) is 0 Å². The Bertz CT molecular complexity index is 589. The Balaban J connectivity index is 2.04. The van der Waals surface area contributed by atoms with Crippen molar-refractivity contribution < 1.29 is 4.43 Å². The molecule has 2 aromatic rings. The van der Waals surface area contributed by atoms with E-state index in [0.717, 1.165) is 6.42 Å². The van der Waals surface area contributed by atoms with Crippen molar-refractivity contribution in [1.82, 2.24) is 0 Å². The van der Waals surface area contributed by atoms with Crippen molar-refractivity contribution in [2.24, 2.45) is 0 Å². The van der Waals surface area contributed by atoms with Crippen LogP contribution >= 0.6 is 22.6 Å². The molecule has 0 saturated heterocycles. The molecule has 1 aliphatic rings. The molecule has 23 heavy (non-hydrogen) atoms. The summed E-state index contributed by atoms with van der Waals surface area (Å²) in [5.74, 6) is 0. The van der Waals surface area contributed by atoms with Crippen molar-refractivity contribution in [2.75, 3.05) is 0 Å². The van der Waals surface area contributed by atoms with Crippen molar-refractivity contribution >= 4 is 41.3 Å². The van der Waals surface area contributed by atoms with Crippen molar-refractivity contribution in [3.05, 3.63) is 72.9 Å². The van der Waals surface area contributed by atoms with Crippen LogP contribution in [0.3, 0.4) is 0 Å². The van der Waals surface area contributed by atoms with Gasteiger partial charge in [-0.1, -0.05) is 102 Å². The van der Waals surface area contributed by atoms with Crippen LogP contribution in [0.4, 0.5) is 0 Å². The quantitative estimate of drug-likeness (QED) is 0.389. The van der Waals surface area contributed by atoms with Gasteiger partial charge < -0.3 is 4.43 Å². The normalized spacial score (nSPS) is 21.8. The Labute approximate surface area is 154 Å². The van der Waals surface area contributed by atoms with Gasteiger partial charge in [-0.05, 0) is 23.2 Å². The lowest BCUT2D eigenvalue weighted by Gasteiger charge is -2.37. The Morgan fingerprint density at radius 1 is 0.913 bits per heavy atom. The molecule has 0 amide bonds. The largest absolute Gasteiger partial charge is 0.400 e. The molecule has 120 valence electrons. The van der Waals surface area contributed by atoms with Crippen LogP contribution in [-0.4, -0.2) is 18.3 Å². The number of halogens is 1. The molecule has 0 unspecified atom stereocenters. The van der Waals surface area contributed by atoms with Crippen LogP contribution < -0.4 is 10.4 Å². The number of hydrogen-bond acceptors (Lipinski definition) is 1. The molecule has 1 fully saturated rings. The summed E-state index contributed by atoms with van der Waals surface area (Å²) in [7, 11) is -2.39. The molecule has 0 aliphatic heterocycles. The molecular weight excluding hydrogens is 411 g/mol. The molecule has 3 heteroatoms. The zero-order valence-electron chi connectivity index (χ0n) is 13.3. The molecule has 1 saturated carbocycles. The van der Waals surface area contributed by atoms with Gasteiger partial charge in [0.15, 0.2) is 0 Å². The van der Waals surface area contributed by atoms with Gasteiger partial charge in [-0.15, -0.1) is 6.58 Å². The summed E-state index contributed by atoms with van der Waals surface area (Å²) in [6.07, 6.45) is 5.35. The molecule has 0 radical (unpaired) electrons. The lowest BCUT2D eigenvalue weighted by molar-refractivity contribution is 0.166. The van der Waals surface area contributed by atoms with Crippen molar-refractivity contribution in [3.63, 3.8) is 0 Å². The van der Waals surface area contributed by atoms with Crippen LogP contribution in [0.1, 0.15) is 25.7 Å². The predicted octanol–water partition coefficient (Wildman–Crippen LogP) is 4.23. The maximum Gasteiger partial charge on any atom is 0.280 e. The van der Waals surface area contributed by atoms with Crippen LogP contribution in [0.25, 0.3) is 0 Å². The minimum Gasteiger partial charge on any atom is -0.400 e. The third kappa shape index (κ3) is 3.62. The second-order valence-corrected chi connectivity index (χ2v) is 11.0. The van der Waals surface area contributed by atoms with Crippen LogP contribution in [0, 0.1) is 0 Å². The predicted molar refractivity (Wildman–Crippen MR) is 109 cm³/mol. The van der Waals surface area contributed by atoms with Gasteiger partial charge in [-0.3, -0.25) is 0 Å². The first-order valence-electron chi connectivity index (χ1n) is 8.33. The third-order valence-corrected chi connectivity index (χ3v) is 9.71. The molecular formula is C20H23IOSi. The minimum atomic E-state index is -2.39. The van der Waals surface area contributed by atoms with Gasteiger partial charge in [0.05, 0.1) is 6.10 Å². The van der Waals surface area contributed by atoms with E-state index in [1.54, 1.807) is 0 Å². The maximum atomic E-state index is 6.93. The fourth-order valence-corrected chi connectivity index (χ4v) is 7.91. The first-order chi connectivity index (χ1) is 11.3. The average molecular weight is 434 g/mol. The highest BCUT2D eigenvalue weighted by molar-refractivity contribution is 14.1. The zero-order chi connectivity index (χ0) is 16.1. The number of benzene rings is 2. The smallest absolute Gasteiger partial charge is 0.280 e. The summed E-state index contributed by atoms with van der Waals surface area (Å²) in [5.41, 5.74) is 2.11. The van der Waals surface area contributed by atoms with Crippen LogP contribution in [0.5, 0.6) is 0 Å². The van der Waals surface area contributed by atoms with E-state index in [1.807, 2.05) is 0 Å². The van der Waals surface area contributed by atoms with E-state index in [9.17, 15) is 0 Å². The number of hydrogen-bond donors (Lipinski definition) is 0. The zero-order valence-corrected chi connectivity index (χ0v) is 16.5. The van der Waals surface area contributed by atoms with Gasteiger partial charge in [0.25, 0.3) is 8.32 Å². The highest BCUT2D eigenvalue weighted by atomic mass is 127. The van der Waals surface area contributed by atoms with Gasteiger partial charge in [-0.25, -0.2) is 0 Å². The summed E-state index contributed by atoms with van der Waals surface area (Å²) in [5, 5.41) is 2.57. The molecule has 3 rings (SSSR count). The molecule has 0 bridgehead atoms. The fourth-order valence-electron chi connectivity index (χ4n) is 3.38. The molecule has 0 N–H and O–H groups in total. The van der Waals surface area contributed by atoms with Crippen molar-refractivity contribution in [2.45, 2.75) is 35.7 Å². The number of alkyl halides is 1. The van der Waals surface area contributed by atoms with Crippen LogP contribution in [-0.2, 0) is 4.43 Å². The molecule has 2 atom stereocenters. The van der Waals surface area contributed by atoms with Crippen molar-refractivity contribution in [1.29, 1.82) is 0 Å². The van der Waals surface area contributed by atoms with E-state index in [-0.39, 0.29) is 0 Å². The van der Waals surface area contributed by atoms with E-state index in [0.29, 0.717) is 10.0 Å². The molecule has 1 aliphatic carbocycles. The first kappa shape index (κ1) is 16.9. The second kappa shape index (κ2) is 7.77. The molecule has 0 heterocycles. The highest BCUT2D eigenvalue weighted by Crippen LogP contribution is 2.29. The standard InChI is InChI=1S/C20H23IOSi/c1-2-23(17-11-5-3-6-12-17,18-13-7-4-8-14-18)22-20-16-10-9-15-19(20)21/h2-8,11-14,19-20H,1,9-10,15-16H2/t19-,20-/m1/s1.